The van der Waals surface area contributed by atoms with E-state index >= 15 is 0 Å². The molecular weight excluding hydrogens is 316 g/mol. The molecule has 0 aliphatic heterocycles. The summed E-state index contributed by atoms with van der Waals surface area (Å²) in [7, 11) is 0. The van der Waals surface area contributed by atoms with E-state index in [9.17, 15) is 9.59 Å². The monoisotopic (exact) mass is 336 g/mol. The number of rotatable bonds is 6. The molecule has 0 unspecified atom stereocenters. The van der Waals surface area contributed by atoms with E-state index in [2.05, 4.69) is 6.92 Å². The summed E-state index contributed by atoms with van der Waals surface area (Å²) < 4.78 is 10.5. The van der Waals surface area contributed by atoms with Crippen LogP contribution in [0, 0.1) is 0 Å². The van der Waals surface area contributed by atoms with Gasteiger partial charge >= 0.3 is 11.6 Å². The number of hydrogen-bond donors (Lipinski definition) is 0. The van der Waals surface area contributed by atoms with Crippen molar-refractivity contribution in [1.82, 2.24) is 0 Å². The predicted octanol–water partition coefficient (Wildman–Crippen LogP) is 4.74. The van der Waals surface area contributed by atoms with Gasteiger partial charge in [-0.15, -0.1) is 0 Å². The molecule has 0 aliphatic carbocycles. The maximum atomic E-state index is 12.3. The van der Waals surface area contributed by atoms with Gasteiger partial charge in [0.1, 0.15) is 11.3 Å². The Hall–Kier alpha value is -2.88. The van der Waals surface area contributed by atoms with Crippen molar-refractivity contribution in [3.8, 4) is 5.75 Å². The summed E-state index contributed by atoms with van der Waals surface area (Å²) in [6, 6.07) is 15.4. The van der Waals surface area contributed by atoms with Crippen LogP contribution in [-0.4, -0.2) is 5.97 Å². The fourth-order valence-electron chi connectivity index (χ4n) is 2.67. The Morgan fingerprint density at radius 2 is 1.80 bits per heavy atom. The van der Waals surface area contributed by atoms with E-state index in [0.29, 0.717) is 22.3 Å². The quantitative estimate of drug-likeness (QED) is 0.282. The molecule has 2 aromatic carbocycles. The second kappa shape index (κ2) is 7.79. The number of esters is 1. The largest absolute Gasteiger partial charge is 0.423 e. The van der Waals surface area contributed by atoms with Crippen molar-refractivity contribution >= 4 is 16.9 Å². The van der Waals surface area contributed by atoms with Crippen molar-refractivity contribution < 1.29 is 13.9 Å². The summed E-state index contributed by atoms with van der Waals surface area (Å²) in [5.41, 5.74) is 1.80. The van der Waals surface area contributed by atoms with Crippen molar-refractivity contribution in [2.75, 3.05) is 0 Å². The minimum Gasteiger partial charge on any atom is -0.423 e. The van der Waals surface area contributed by atoms with Gasteiger partial charge in [-0.3, -0.25) is 0 Å². The number of aryl methyl sites for hydroxylation is 1. The molecule has 1 aromatic heterocycles. The zero-order chi connectivity index (χ0) is 17.6. The van der Waals surface area contributed by atoms with E-state index in [1.807, 2.05) is 12.1 Å². The van der Waals surface area contributed by atoms with Gasteiger partial charge < -0.3 is 9.15 Å². The Bertz CT molecular complexity index is 923. The summed E-state index contributed by atoms with van der Waals surface area (Å²) in [5.74, 6) is 0.00946. The lowest BCUT2D eigenvalue weighted by Crippen LogP contribution is -2.08. The topological polar surface area (TPSA) is 56.5 Å². The molecule has 0 spiro atoms. The molecule has 0 saturated heterocycles. The lowest BCUT2D eigenvalue weighted by atomic mass is 10.1. The number of ether oxygens (including phenoxy) is 1. The third kappa shape index (κ3) is 4.35. The van der Waals surface area contributed by atoms with Crippen molar-refractivity contribution in [1.29, 1.82) is 0 Å². The smallest absolute Gasteiger partial charge is 0.343 e. The Labute approximate surface area is 146 Å². The average molecular weight is 336 g/mol. The summed E-state index contributed by atoms with van der Waals surface area (Å²) in [6.45, 7) is 2.18. The van der Waals surface area contributed by atoms with Crippen molar-refractivity contribution in [3.63, 3.8) is 0 Å². The number of carbonyl (C=O) groups excluding carboxylic acids is 1. The van der Waals surface area contributed by atoms with Crippen LogP contribution in [0.4, 0.5) is 0 Å². The van der Waals surface area contributed by atoms with Gasteiger partial charge in [-0.1, -0.05) is 31.9 Å². The third-order valence-electron chi connectivity index (χ3n) is 4.06. The first-order valence-electron chi connectivity index (χ1n) is 8.51. The van der Waals surface area contributed by atoms with Crippen LogP contribution in [0.15, 0.2) is 63.8 Å². The lowest BCUT2D eigenvalue weighted by Gasteiger charge is -2.06. The van der Waals surface area contributed by atoms with Crippen molar-refractivity contribution in [3.05, 3.63) is 76.1 Å². The van der Waals surface area contributed by atoms with Gasteiger partial charge in [0.25, 0.3) is 0 Å². The van der Waals surface area contributed by atoms with E-state index in [4.69, 9.17) is 9.15 Å². The Balaban J connectivity index is 1.69. The van der Waals surface area contributed by atoms with Crippen LogP contribution in [0.5, 0.6) is 5.75 Å². The van der Waals surface area contributed by atoms with Crippen LogP contribution >= 0.6 is 0 Å². The fourth-order valence-corrected chi connectivity index (χ4v) is 2.67. The maximum absolute atomic E-state index is 12.3. The molecule has 0 bridgehead atoms. The Kier molecular flexibility index (Phi) is 5.29. The molecule has 3 aromatic rings. The van der Waals surface area contributed by atoms with Crippen LogP contribution in [0.25, 0.3) is 11.0 Å². The molecular formula is C21H20O4. The molecule has 0 fully saturated rings. The first-order valence-corrected chi connectivity index (χ1v) is 8.51. The zero-order valence-electron chi connectivity index (χ0n) is 14.2. The second-order valence-corrected chi connectivity index (χ2v) is 6.00. The summed E-state index contributed by atoms with van der Waals surface area (Å²) >= 11 is 0. The van der Waals surface area contributed by atoms with Crippen molar-refractivity contribution in [2.45, 2.75) is 32.6 Å². The molecule has 0 atom stereocenters. The molecule has 4 heteroatoms. The van der Waals surface area contributed by atoms with E-state index in [0.717, 1.165) is 12.8 Å². The number of unbranched alkanes of at least 4 members (excludes halogenated alkanes) is 2. The molecule has 25 heavy (non-hydrogen) atoms. The van der Waals surface area contributed by atoms with Gasteiger partial charge in [-0.05, 0) is 54.8 Å². The van der Waals surface area contributed by atoms with Crippen molar-refractivity contribution in [2.24, 2.45) is 0 Å². The van der Waals surface area contributed by atoms with Gasteiger partial charge in [-0.25, -0.2) is 9.59 Å². The van der Waals surface area contributed by atoms with E-state index in [-0.39, 0.29) is 0 Å². The molecule has 128 valence electrons. The number of fused-ring (bicyclic) bond motifs is 1. The molecule has 4 nitrogen and oxygen atoms in total. The number of carbonyl (C=O) groups is 1. The standard InChI is InChI=1S/C21H20O4/c1-2-3-4-5-15-6-8-16(9-7-15)21(23)24-18-11-12-19-17(14-18)10-13-20(22)25-19/h6-14H,2-5H2,1H3. The fraction of sp³-hybridized carbons (Fsp3) is 0.238. The highest BCUT2D eigenvalue weighted by molar-refractivity contribution is 5.91. The average Bonchev–Trinajstić information content (AvgIpc) is 2.62. The normalized spacial score (nSPS) is 10.8. The predicted molar refractivity (Wildman–Crippen MR) is 97.1 cm³/mol. The molecule has 1 heterocycles. The molecule has 0 radical (unpaired) electrons. The van der Waals surface area contributed by atoms with Crippen LogP contribution in [0.2, 0.25) is 0 Å². The lowest BCUT2D eigenvalue weighted by molar-refractivity contribution is 0.0735. The van der Waals surface area contributed by atoms with E-state index in [1.165, 1.54) is 24.5 Å². The van der Waals surface area contributed by atoms with Gasteiger partial charge in [0.15, 0.2) is 0 Å². The SMILES string of the molecule is CCCCCc1ccc(C(=O)Oc2ccc3oc(=O)ccc3c2)cc1. The van der Waals surface area contributed by atoms with Crippen LogP contribution in [-0.2, 0) is 6.42 Å². The molecule has 0 saturated carbocycles. The number of hydrogen-bond acceptors (Lipinski definition) is 4. The first kappa shape index (κ1) is 17.0. The minimum absolute atomic E-state index is 0.406. The van der Waals surface area contributed by atoms with Crippen LogP contribution < -0.4 is 10.4 Å². The summed E-state index contributed by atoms with van der Waals surface area (Å²) in [5, 5.41) is 0.705. The number of benzene rings is 2. The van der Waals surface area contributed by atoms with Gasteiger partial charge in [0.2, 0.25) is 0 Å². The molecule has 0 N–H and O–H groups in total. The van der Waals surface area contributed by atoms with Gasteiger partial charge in [0.05, 0.1) is 5.56 Å². The van der Waals surface area contributed by atoms with Gasteiger partial charge in [0, 0.05) is 11.5 Å². The Morgan fingerprint density at radius 1 is 1.00 bits per heavy atom. The third-order valence-corrected chi connectivity index (χ3v) is 4.06. The summed E-state index contributed by atoms with van der Waals surface area (Å²) in [4.78, 5) is 23.5. The second-order valence-electron chi connectivity index (χ2n) is 6.00. The first-order chi connectivity index (χ1) is 12.2. The Morgan fingerprint density at radius 3 is 2.56 bits per heavy atom. The molecule has 0 amide bonds. The summed E-state index contributed by atoms with van der Waals surface area (Å²) in [6.07, 6.45) is 4.60. The van der Waals surface area contributed by atoms with E-state index < -0.39 is 11.6 Å². The molecule has 0 aliphatic rings. The van der Waals surface area contributed by atoms with Crippen LogP contribution in [0.3, 0.4) is 0 Å². The maximum Gasteiger partial charge on any atom is 0.343 e. The molecule has 3 rings (SSSR count). The minimum atomic E-state index is -0.406. The highest BCUT2D eigenvalue weighted by Crippen LogP contribution is 2.20. The van der Waals surface area contributed by atoms with Gasteiger partial charge in [-0.2, -0.15) is 0 Å². The zero-order valence-corrected chi connectivity index (χ0v) is 14.2. The highest BCUT2D eigenvalue weighted by atomic mass is 16.5. The van der Waals surface area contributed by atoms with E-state index in [1.54, 1.807) is 36.4 Å². The highest BCUT2D eigenvalue weighted by Gasteiger charge is 2.09. The van der Waals surface area contributed by atoms with Crippen LogP contribution in [0.1, 0.15) is 42.1 Å².